The topological polar surface area (TPSA) is 29.9 Å². The maximum absolute atomic E-state index is 4.24. The summed E-state index contributed by atoms with van der Waals surface area (Å²) in [5, 5.41) is 7.73. The number of aromatic nitrogens is 2. The number of rotatable bonds is 4. The molecule has 1 N–H and O–H groups in total. The Labute approximate surface area is 114 Å². The highest BCUT2D eigenvalue weighted by Crippen LogP contribution is 2.38. The molecule has 2 unspecified atom stereocenters. The summed E-state index contributed by atoms with van der Waals surface area (Å²) in [5.74, 6) is 0.697. The van der Waals surface area contributed by atoms with Crippen LogP contribution in [-0.4, -0.2) is 16.8 Å². The lowest BCUT2D eigenvalue weighted by Crippen LogP contribution is -2.21. The average Bonchev–Trinajstić information content (AvgIpc) is 2.99. The lowest BCUT2D eigenvalue weighted by molar-refractivity contribution is 0.387. The van der Waals surface area contributed by atoms with Crippen LogP contribution in [0.4, 0.5) is 0 Å². The molecule has 0 saturated heterocycles. The van der Waals surface area contributed by atoms with E-state index in [-0.39, 0.29) is 0 Å². The first-order chi connectivity index (χ1) is 9.28. The number of aryl methyl sites for hydroxylation is 2. The van der Waals surface area contributed by atoms with E-state index in [0.717, 1.165) is 6.42 Å². The Bertz CT molecular complexity index is 559. The van der Waals surface area contributed by atoms with Gasteiger partial charge in [-0.1, -0.05) is 24.3 Å². The molecule has 100 valence electrons. The summed E-state index contributed by atoms with van der Waals surface area (Å²) in [7, 11) is 4.05. The van der Waals surface area contributed by atoms with Gasteiger partial charge in [-0.3, -0.25) is 4.68 Å². The summed E-state index contributed by atoms with van der Waals surface area (Å²) in [6.45, 7) is 0. The molecule has 0 radical (unpaired) electrons. The molecular formula is C16H21N3. The monoisotopic (exact) mass is 255 g/mol. The Morgan fingerprint density at radius 3 is 2.95 bits per heavy atom. The van der Waals surface area contributed by atoms with Crippen LogP contribution in [-0.2, 0) is 19.9 Å². The summed E-state index contributed by atoms with van der Waals surface area (Å²) >= 11 is 0. The Balaban J connectivity index is 1.69. The number of nitrogens with zero attached hydrogens (tertiary/aromatic N) is 2. The van der Waals surface area contributed by atoms with Crippen LogP contribution in [0.25, 0.3) is 0 Å². The van der Waals surface area contributed by atoms with Gasteiger partial charge in [-0.2, -0.15) is 5.10 Å². The van der Waals surface area contributed by atoms with Gasteiger partial charge in [0.2, 0.25) is 0 Å². The molecule has 0 fully saturated rings. The van der Waals surface area contributed by atoms with Crippen molar-refractivity contribution in [3.63, 3.8) is 0 Å². The van der Waals surface area contributed by atoms with E-state index in [1.807, 2.05) is 17.9 Å². The minimum Gasteiger partial charge on any atom is -0.313 e. The first-order valence-electron chi connectivity index (χ1n) is 7.00. The van der Waals surface area contributed by atoms with Crippen molar-refractivity contribution in [2.75, 3.05) is 7.05 Å². The van der Waals surface area contributed by atoms with Gasteiger partial charge >= 0.3 is 0 Å². The summed E-state index contributed by atoms with van der Waals surface area (Å²) < 4.78 is 1.88. The standard InChI is InChI=1S/C16H21N3/c1-17-16-14(8-7-12-10-18-19(2)11-12)9-13-5-3-4-6-15(13)16/h3-6,10-11,14,16-17H,7-9H2,1-2H3. The first-order valence-corrected chi connectivity index (χ1v) is 7.00. The number of fused-ring (bicyclic) bond motifs is 1. The van der Waals surface area contributed by atoms with Gasteiger partial charge in [-0.25, -0.2) is 0 Å². The number of nitrogens with one attached hydrogen (secondary N) is 1. The molecule has 0 spiro atoms. The van der Waals surface area contributed by atoms with Crippen molar-refractivity contribution in [1.82, 2.24) is 15.1 Å². The Hall–Kier alpha value is -1.61. The van der Waals surface area contributed by atoms with Gasteiger partial charge in [0.25, 0.3) is 0 Å². The Morgan fingerprint density at radius 2 is 2.21 bits per heavy atom. The largest absolute Gasteiger partial charge is 0.313 e. The van der Waals surface area contributed by atoms with Gasteiger partial charge in [0.15, 0.2) is 0 Å². The maximum Gasteiger partial charge on any atom is 0.0521 e. The summed E-state index contributed by atoms with van der Waals surface area (Å²) in [6, 6.07) is 9.33. The second kappa shape index (κ2) is 5.17. The van der Waals surface area contributed by atoms with E-state index in [0.29, 0.717) is 12.0 Å². The molecule has 3 nitrogen and oxygen atoms in total. The van der Waals surface area contributed by atoms with Gasteiger partial charge in [-0.05, 0) is 48.9 Å². The summed E-state index contributed by atoms with van der Waals surface area (Å²) in [5.41, 5.74) is 4.34. The molecule has 1 aromatic carbocycles. The molecule has 3 rings (SSSR count). The molecule has 0 bridgehead atoms. The molecule has 1 aromatic heterocycles. The van der Waals surface area contributed by atoms with E-state index in [1.54, 1.807) is 0 Å². The van der Waals surface area contributed by atoms with Crippen LogP contribution in [0.5, 0.6) is 0 Å². The Kier molecular flexibility index (Phi) is 3.38. The van der Waals surface area contributed by atoms with Gasteiger partial charge in [-0.15, -0.1) is 0 Å². The predicted molar refractivity (Wildman–Crippen MR) is 77.0 cm³/mol. The first kappa shape index (κ1) is 12.4. The second-order valence-electron chi connectivity index (χ2n) is 5.49. The second-order valence-corrected chi connectivity index (χ2v) is 5.49. The summed E-state index contributed by atoms with van der Waals surface area (Å²) in [6.07, 6.45) is 7.63. The zero-order chi connectivity index (χ0) is 13.2. The fourth-order valence-electron chi connectivity index (χ4n) is 3.29. The molecule has 0 saturated carbocycles. The fourth-order valence-corrected chi connectivity index (χ4v) is 3.29. The quantitative estimate of drug-likeness (QED) is 0.909. The predicted octanol–water partition coefficient (Wildman–Crippen LogP) is 2.49. The van der Waals surface area contributed by atoms with Crippen LogP contribution in [0, 0.1) is 5.92 Å². The molecular weight excluding hydrogens is 234 g/mol. The number of benzene rings is 1. The average molecular weight is 255 g/mol. The van der Waals surface area contributed by atoms with E-state index < -0.39 is 0 Å². The molecule has 1 aliphatic rings. The summed E-state index contributed by atoms with van der Waals surface area (Å²) in [4.78, 5) is 0. The third kappa shape index (κ3) is 2.43. The molecule has 2 aromatic rings. The minimum absolute atomic E-state index is 0.507. The van der Waals surface area contributed by atoms with E-state index in [9.17, 15) is 0 Å². The number of hydrogen-bond acceptors (Lipinski definition) is 2. The van der Waals surface area contributed by atoms with Crippen LogP contribution in [0.3, 0.4) is 0 Å². The molecule has 1 aliphatic carbocycles. The van der Waals surface area contributed by atoms with Crippen molar-refractivity contribution < 1.29 is 0 Å². The molecule has 0 aliphatic heterocycles. The maximum atomic E-state index is 4.24. The van der Waals surface area contributed by atoms with Gasteiger partial charge in [0, 0.05) is 19.3 Å². The van der Waals surface area contributed by atoms with Crippen LogP contribution >= 0.6 is 0 Å². The highest BCUT2D eigenvalue weighted by atomic mass is 15.2. The molecule has 19 heavy (non-hydrogen) atoms. The highest BCUT2D eigenvalue weighted by Gasteiger charge is 2.30. The Morgan fingerprint density at radius 1 is 1.37 bits per heavy atom. The highest BCUT2D eigenvalue weighted by molar-refractivity contribution is 5.35. The normalized spacial score (nSPS) is 21.6. The van der Waals surface area contributed by atoms with Crippen molar-refractivity contribution in [2.24, 2.45) is 13.0 Å². The van der Waals surface area contributed by atoms with Crippen LogP contribution in [0.15, 0.2) is 36.7 Å². The van der Waals surface area contributed by atoms with Crippen LogP contribution < -0.4 is 5.32 Å². The van der Waals surface area contributed by atoms with E-state index in [4.69, 9.17) is 0 Å². The van der Waals surface area contributed by atoms with Crippen molar-refractivity contribution in [3.8, 4) is 0 Å². The van der Waals surface area contributed by atoms with Crippen LogP contribution in [0.1, 0.15) is 29.2 Å². The SMILES string of the molecule is CNC1c2ccccc2CC1CCc1cnn(C)c1. The minimum atomic E-state index is 0.507. The van der Waals surface area contributed by atoms with Gasteiger partial charge in [0.1, 0.15) is 0 Å². The smallest absolute Gasteiger partial charge is 0.0521 e. The fraction of sp³-hybridized carbons (Fsp3) is 0.438. The van der Waals surface area contributed by atoms with Crippen LogP contribution in [0.2, 0.25) is 0 Å². The van der Waals surface area contributed by atoms with Gasteiger partial charge in [0.05, 0.1) is 6.20 Å². The third-order valence-corrected chi connectivity index (χ3v) is 4.22. The lowest BCUT2D eigenvalue weighted by atomic mass is 9.94. The van der Waals surface area contributed by atoms with E-state index in [2.05, 4.69) is 47.9 Å². The van der Waals surface area contributed by atoms with E-state index in [1.165, 1.54) is 29.5 Å². The zero-order valence-electron chi connectivity index (χ0n) is 11.6. The van der Waals surface area contributed by atoms with Crippen molar-refractivity contribution >= 4 is 0 Å². The van der Waals surface area contributed by atoms with Crippen molar-refractivity contribution in [2.45, 2.75) is 25.3 Å². The van der Waals surface area contributed by atoms with E-state index >= 15 is 0 Å². The number of hydrogen-bond donors (Lipinski definition) is 1. The molecule has 2 atom stereocenters. The lowest BCUT2D eigenvalue weighted by Gasteiger charge is -2.19. The van der Waals surface area contributed by atoms with Crippen molar-refractivity contribution in [3.05, 3.63) is 53.3 Å². The van der Waals surface area contributed by atoms with Crippen molar-refractivity contribution in [1.29, 1.82) is 0 Å². The third-order valence-electron chi connectivity index (χ3n) is 4.22. The molecule has 0 amide bonds. The molecule has 3 heteroatoms. The zero-order valence-corrected chi connectivity index (χ0v) is 11.6. The van der Waals surface area contributed by atoms with Gasteiger partial charge < -0.3 is 5.32 Å². The molecule has 1 heterocycles.